The molecule has 0 aliphatic rings. The van der Waals surface area contributed by atoms with E-state index >= 15 is 0 Å². The minimum atomic E-state index is -4.74. The Labute approximate surface area is 220 Å². The Morgan fingerprint density at radius 1 is 1.08 bits per heavy atom. The lowest BCUT2D eigenvalue weighted by Gasteiger charge is -2.29. The molecule has 0 spiro atoms. The number of aromatic nitrogens is 2. The van der Waals surface area contributed by atoms with Crippen molar-refractivity contribution in [2.24, 2.45) is 0 Å². The molecule has 1 N–H and O–H groups in total. The van der Waals surface area contributed by atoms with E-state index in [0.717, 1.165) is 39.4 Å². The molecule has 1 atom stereocenters. The van der Waals surface area contributed by atoms with Gasteiger partial charge in [0.1, 0.15) is 10.9 Å². The van der Waals surface area contributed by atoms with Crippen molar-refractivity contribution in [3.63, 3.8) is 0 Å². The van der Waals surface area contributed by atoms with Gasteiger partial charge in [-0.25, -0.2) is 4.68 Å². The van der Waals surface area contributed by atoms with Crippen LogP contribution in [-0.4, -0.2) is 33.7 Å². The van der Waals surface area contributed by atoms with E-state index in [4.69, 9.17) is 11.6 Å². The maximum absolute atomic E-state index is 13.9. The number of hydrogen-bond donors (Lipinski definition) is 1. The highest BCUT2D eigenvalue weighted by atomic mass is 35.5. The zero-order valence-electron chi connectivity index (χ0n) is 20.4. The van der Waals surface area contributed by atoms with Gasteiger partial charge in [0, 0.05) is 17.1 Å². The van der Waals surface area contributed by atoms with Gasteiger partial charge < -0.3 is 5.32 Å². The highest BCUT2D eigenvalue weighted by Crippen LogP contribution is 2.38. The highest BCUT2D eigenvalue weighted by molar-refractivity contribution is 7.20. The summed E-state index contributed by atoms with van der Waals surface area (Å²) in [4.78, 5) is 28.8. The number of nitrogens with zero attached hydrogens (tertiary/aromatic N) is 3. The number of nitrogens with one attached hydrogen (secondary N) is 1. The first kappa shape index (κ1) is 26.7. The number of rotatable bonds is 6. The Morgan fingerprint density at radius 3 is 2.38 bits per heavy atom. The van der Waals surface area contributed by atoms with E-state index in [9.17, 15) is 22.8 Å². The smallest absolute Gasteiger partial charge is 0.352 e. The predicted octanol–water partition coefficient (Wildman–Crippen LogP) is 6.63. The molecule has 2 heterocycles. The van der Waals surface area contributed by atoms with Crippen LogP contribution in [0.3, 0.4) is 0 Å². The van der Waals surface area contributed by atoms with Gasteiger partial charge in [-0.15, -0.1) is 11.3 Å². The summed E-state index contributed by atoms with van der Waals surface area (Å²) >= 11 is 6.97. The van der Waals surface area contributed by atoms with E-state index in [1.807, 2.05) is 37.3 Å². The molecule has 0 saturated carbocycles. The second-order valence-electron chi connectivity index (χ2n) is 8.84. The lowest BCUT2D eigenvalue weighted by molar-refractivity contribution is -0.137. The third-order valence-corrected chi connectivity index (χ3v) is 7.13. The van der Waals surface area contributed by atoms with Crippen LogP contribution in [0.1, 0.15) is 41.7 Å². The van der Waals surface area contributed by atoms with Gasteiger partial charge in [-0.1, -0.05) is 29.8 Å². The van der Waals surface area contributed by atoms with E-state index in [1.165, 1.54) is 13.0 Å². The number of hydrogen-bond acceptors (Lipinski definition) is 4. The van der Waals surface area contributed by atoms with Crippen LogP contribution in [0.15, 0.2) is 54.6 Å². The minimum absolute atomic E-state index is 0.0907. The predicted molar refractivity (Wildman–Crippen MR) is 140 cm³/mol. The fourth-order valence-electron chi connectivity index (χ4n) is 3.93. The monoisotopic (exact) mass is 548 g/mol. The first-order valence-corrected chi connectivity index (χ1v) is 12.6. The molecule has 2 aromatic heterocycles. The molecule has 0 unspecified atom stereocenters. The molecule has 11 heteroatoms. The van der Waals surface area contributed by atoms with E-state index in [-0.39, 0.29) is 16.6 Å². The van der Waals surface area contributed by atoms with Gasteiger partial charge in [0.2, 0.25) is 5.91 Å². The fourth-order valence-corrected chi connectivity index (χ4v) is 5.28. The number of halogens is 4. The molecule has 37 heavy (non-hydrogen) atoms. The van der Waals surface area contributed by atoms with Crippen LogP contribution in [0.4, 0.5) is 18.9 Å². The molecule has 4 rings (SSSR count). The quantitative estimate of drug-likeness (QED) is 0.294. The molecule has 0 fully saturated rings. The van der Waals surface area contributed by atoms with Crippen LogP contribution >= 0.6 is 22.9 Å². The number of anilines is 1. The third kappa shape index (κ3) is 5.35. The molecule has 194 valence electrons. The fraction of sp³-hybridized carbons (Fsp3) is 0.269. The van der Waals surface area contributed by atoms with Crippen molar-refractivity contribution in [3.8, 4) is 5.69 Å². The lowest BCUT2D eigenvalue weighted by Crippen LogP contribution is -2.49. The number of amides is 2. The topological polar surface area (TPSA) is 67.2 Å². The van der Waals surface area contributed by atoms with Crippen LogP contribution in [0.2, 0.25) is 5.02 Å². The standard InChI is InChI=1S/C26H24ClF3N4O2S/c1-14(2)31-23(35)16(4)33(18-10-11-21(27)20(12-18)26(28,29)30)24(36)22-13-19-15(3)32-34(25(19)37-22)17-8-6-5-7-9-17/h5-14,16H,1-4H3,(H,31,35)/t16-/m1/s1. The SMILES string of the molecule is Cc1nn(-c2ccccc2)c2sc(C(=O)N(c3ccc(Cl)c(C(F)(F)F)c3)[C@H](C)C(=O)NC(C)C)cc12. The molecule has 2 amide bonds. The molecule has 0 saturated heterocycles. The van der Waals surface area contributed by atoms with E-state index in [0.29, 0.717) is 10.5 Å². The molecule has 0 radical (unpaired) electrons. The van der Waals surface area contributed by atoms with Gasteiger partial charge in [-0.2, -0.15) is 18.3 Å². The molecule has 0 aliphatic carbocycles. The molecular formula is C26H24ClF3N4O2S. The van der Waals surface area contributed by atoms with Crippen molar-refractivity contribution in [2.45, 2.75) is 46.0 Å². The summed E-state index contributed by atoms with van der Waals surface area (Å²) in [5, 5.41) is 7.53. The normalized spacial score (nSPS) is 12.7. The van der Waals surface area contributed by atoms with Gasteiger partial charge in [-0.3, -0.25) is 14.5 Å². The molecule has 2 aromatic carbocycles. The van der Waals surface area contributed by atoms with Gasteiger partial charge in [0.05, 0.1) is 26.8 Å². The zero-order chi connectivity index (χ0) is 27.1. The summed E-state index contributed by atoms with van der Waals surface area (Å²) in [6, 6.07) is 12.9. The van der Waals surface area contributed by atoms with Gasteiger partial charge >= 0.3 is 6.18 Å². The summed E-state index contributed by atoms with van der Waals surface area (Å²) in [6.45, 7) is 6.80. The Morgan fingerprint density at radius 2 is 1.76 bits per heavy atom. The average molecular weight is 549 g/mol. The van der Waals surface area contributed by atoms with Crippen LogP contribution in [-0.2, 0) is 11.0 Å². The second-order valence-corrected chi connectivity index (χ2v) is 10.3. The molecular weight excluding hydrogens is 525 g/mol. The van der Waals surface area contributed by atoms with Gasteiger partial charge in [-0.05, 0) is 64.1 Å². The maximum Gasteiger partial charge on any atom is 0.417 e. The number of alkyl halides is 3. The first-order valence-electron chi connectivity index (χ1n) is 11.4. The van der Waals surface area contributed by atoms with Crippen molar-refractivity contribution in [1.29, 1.82) is 0 Å². The van der Waals surface area contributed by atoms with Gasteiger partial charge in [0.25, 0.3) is 5.91 Å². The Bertz CT molecular complexity index is 1460. The number of carbonyl (C=O) groups excluding carboxylic acids is 2. The van der Waals surface area contributed by atoms with Gasteiger partial charge in [0.15, 0.2) is 0 Å². The van der Waals surface area contributed by atoms with E-state index < -0.39 is 34.6 Å². The van der Waals surface area contributed by atoms with Crippen LogP contribution in [0.25, 0.3) is 15.9 Å². The third-order valence-electron chi connectivity index (χ3n) is 5.71. The summed E-state index contributed by atoms with van der Waals surface area (Å²) in [6.07, 6.45) is -4.74. The van der Waals surface area contributed by atoms with Crippen molar-refractivity contribution in [2.75, 3.05) is 4.90 Å². The number of para-hydroxylation sites is 1. The summed E-state index contributed by atoms with van der Waals surface area (Å²) in [5.74, 6) is -1.11. The lowest BCUT2D eigenvalue weighted by atomic mass is 10.1. The Kier molecular flexibility index (Phi) is 7.34. The van der Waals surface area contributed by atoms with E-state index in [2.05, 4.69) is 10.4 Å². The number of aryl methyl sites for hydroxylation is 1. The largest absolute Gasteiger partial charge is 0.417 e. The Hall–Kier alpha value is -3.37. The highest BCUT2D eigenvalue weighted by Gasteiger charge is 2.36. The Balaban J connectivity index is 1.83. The zero-order valence-corrected chi connectivity index (χ0v) is 22.0. The number of benzene rings is 2. The average Bonchev–Trinajstić information content (AvgIpc) is 3.40. The first-order chi connectivity index (χ1) is 17.4. The minimum Gasteiger partial charge on any atom is -0.352 e. The van der Waals surface area contributed by atoms with Crippen molar-refractivity contribution < 1.29 is 22.8 Å². The van der Waals surface area contributed by atoms with Crippen molar-refractivity contribution in [1.82, 2.24) is 15.1 Å². The van der Waals surface area contributed by atoms with Crippen LogP contribution in [0.5, 0.6) is 0 Å². The number of carbonyl (C=O) groups is 2. The van der Waals surface area contributed by atoms with Crippen LogP contribution in [0, 0.1) is 6.92 Å². The summed E-state index contributed by atoms with van der Waals surface area (Å²) in [5.41, 5.74) is 0.312. The molecule has 0 bridgehead atoms. The summed E-state index contributed by atoms with van der Waals surface area (Å²) < 4.78 is 42.6. The van der Waals surface area contributed by atoms with Crippen LogP contribution < -0.4 is 10.2 Å². The maximum atomic E-state index is 13.9. The second kappa shape index (κ2) is 10.2. The number of thiophene rings is 1. The van der Waals surface area contributed by atoms with Crippen molar-refractivity contribution in [3.05, 3.63) is 75.8 Å². The molecule has 4 aromatic rings. The molecule has 6 nitrogen and oxygen atoms in total. The summed E-state index contributed by atoms with van der Waals surface area (Å²) in [7, 11) is 0. The molecule has 0 aliphatic heterocycles. The van der Waals surface area contributed by atoms with Crippen molar-refractivity contribution >= 4 is 50.7 Å². The number of fused-ring (bicyclic) bond motifs is 1. The van der Waals surface area contributed by atoms with E-state index in [1.54, 1.807) is 24.6 Å².